The van der Waals surface area contributed by atoms with Crippen LogP contribution in [0.4, 0.5) is 0 Å². The lowest BCUT2D eigenvalue weighted by atomic mass is 10.0. The molecule has 0 heterocycles. The van der Waals surface area contributed by atoms with E-state index in [0.717, 1.165) is 38.5 Å². The van der Waals surface area contributed by atoms with E-state index in [1.165, 1.54) is 199 Å². The van der Waals surface area contributed by atoms with Crippen molar-refractivity contribution in [2.75, 3.05) is 6.61 Å². The molecule has 2 atom stereocenters. The smallest absolute Gasteiger partial charge is 0.220 e. The van der Waals surface area contributed by atoms with E-state index in [1.807, 2.05) is 6.08 Å². The van der Waals surface area contributed by atoms with Crippen LogP contribution in [0.15, 0.2) is 48.6 Å². The fourth-order valence-corrected chi connectivity index (χ4v) is 7.46. The van der Waals surface area contributed by atoms with Crippen molar-refractivity contribution >= 4 is 5.91 Å². The fourth-order valence-electron chi connectivity index (χ4n) is 7.46. The van der Waals surface area contributed by atoms with Gasteiger partial charge < -0.3 is 15.5 Å². The lowest BCUT2D eigenvalue weighted by Crippen LogP contribution is -2.45. The summed E-state index contributed by atoms with van der Waals surface area (Å²) in [6, 6.07) is -0.636. The molecule has 0 aliphatic carbocycles. The van der Waals surface area contributed by atoms with Crippen molar-refractivity contribution in [1.29, 1.82) is 0 Å². The van der Waals surface area contributed by atoms with Crippen LogP contribution in [0.5, 0.6) is 0 Å². The van der Waals surface area contributed by atoms with Gasteiger partial charge in [0.25, 0.3) is 0 Å². The molecule has 0 bridgehead atoms. The zero-order valence-corrected chi connectivity index (χ0v) is 37.7. The van der Waals surface area contributed by atoms with Gasteiger partial charge in [0.15, 0.2) is 0 Å². The molecular formula is C52H97NO3. The summed E-state index contributed by atoms with van der Waals surface area (Å²) in [5, 5.41) is 22.9. The molecule has 0 fully saturated rings. The summed E-state index contributed by atoms with van der Waals surface area (Å²) in [6.07, 6.45) is 65.6. The van der Waals surface area contributed by atoms with E-state index in [4.69, 9.17) is 0 Å². The van der Waals surface area contributed by atoms with Crippen LogP contribution in [0.2, 0.25) is 0 Å². The molecule has 0 saturated heterocycles. The largest absolute Gasteiger partial charge is 0.394 e. The second-order valence-electron chi connectivity index (χ2n) is 16.9. The van der Waals surface area contributed by atoms with Crippen molar-refractivity contribution in [3.05, 3.63) is 48.6 Å². The van der Waals surface area contributed by atoms with Gasteiger partial charge in [0.2, 0.25) is 5.91 Å². The lowest BCUT2D eigenvalue weighted by molar-refractivity contribution is -0.123. The predicted octanol–water partition coefficient (Wildman–Crippen LogP) is 15.9. The maximum atomic E-state index is 12.3. The summed E-state index contributed by atoms with van der Waals surface area (Å²) in [5.41, 5.74) is 0. The van der Waals surface area contributed by atoms with Crippen LogP contribution in [-0.4, -0.2) is 34.9 Å². The number of aliphatic hydroxyl groups excluding tert-OH is 2. The van der Waals surface area contributed by atoms with Crippen LogP contribution in [-0.2, 0) is 4.79 Å². The monoisotopic (exact) mass is 784 g/mol. The van der Waals surface area contributed by atoms with Gasteiger partial charge in [-0.25, -0.2) is 0 Å². The van der Waals surface area contributed by atoms with E-state index >= 15 is 0 Å². The SMILES string of the molecule is CCCCC/C=C/CC/C=C/C(O)C(CO)NC(=O)CCCCCCCCCCCCCCCCCCC/C=C\C/C=C\CCCCCCCCCCCCC. The third kappa shape index (κ3) is 43.5. The lowest BCUT2D eigenvalue weighted by Gasteiger charge is -2.19. The molecule has 0 rings (SSSR count). The van der Waals surface area contributed by atoms with Crippen LogP contribution in [0.1, 0.15) is 258 Å². The van der Waals surface area contributed by atoms with E-state index < -0.39 is 12.1 Å². The molecule has 4 heteroatoms. The molecule has 0 aliphatic heterocycles. The minimum Gasteiger partial charge on any atom is -0.394 e. The van der Waals surface area contributed by atoms with Crippen molar-refractivity contribution in [3.63, 3.8) is 0 Å². The Morgan fingerprint density at radius 3 is 1.18 bits per heavy atom. The van der Waals surface area contributed by atoms with Gasteiger partial charge in [0.1, 0.15) is 0 Å². The summed E-state index contributed by atoms with van der Waals surface area (Å²) >= 11 is 0. The van der Waals surface area contributed by atoms with E-state index in [1.54, 1.807) is 6.08 Å². The van der Waals surface area contributed by atoms with Crippen LogP contribution >= 0.6 is 0 Å². The van der Waals surface area contributed by atoms with Crippen LogP contribution in [0.3, 0.4) is 0 Å². The summed E-state index contributed by atoms with van der Waals surface area (Å²) in [7, 11) is 0. The highest BCUT2D eigenvalue weighted by Gasteiger charge is 2.17. The first-order valence-corrected chi connectivity index (χ1v) is 24.9. The standard InChI is InChI=1S/C52H97NO3/c1-3-5-7-9-11-13-14-15-16-17-18-19-20-21-22-23-24-25-26-27-28-29-30-31-32-33-34-35-36-37-38-40-42-44-46-48-52(56)53-50(49-54)51(55)47-45-43-41-39-12-10-8-6-4-2/h12,20-21,23-24,39,45,47,50-51,54-55H,3-11,13-19,22,25-38,40-44,46,48-49H2,1-2H3,(H,53,56)/b21-20-,24-23-,39-12+,47-45+. The number of rotatable bonds is 45. The fraction of sp³-hybridized carbons (Fsp3) is 0.827. The molecule has 0 saturated carbocycles. The maximum Gasteiger partial charge on any atom is 0.220 e. The van der Waals surface area contributed by atoms with Gasteiger partial charge in [0.05, 0.1) is 18.8 Å². The van der Waals surface area contributed by atoms with Gasteiger partial charge >= 0.3 is 0 Å². The van der Waals surface area contributed by atoms with Gasteiger partial charge in [-0.3, -0.25) is 4.79 Å². The van der Waals surface area contributed by atoms with Gasteiger partial charge in [-0.1, -0.05) is 236 Å². The Morgan fingerprint density at radius 2 is 0.750 bits per heavy atom. The van der Waals surface area contributed by atoms with E-state index in [9.17, 15) is 15.0 Å². The zero-order chi connectivity index (χ0) is 40.7. The zero-order valence-electron chi connectivity index (χ0n) is 37.7. The molecule has 0 radical (unpaired) electrons. The first-order chi connectivity index (χ1) is 27.7. The number of amides is 1. The molecule has 0 aliphatic rings. The number of hydrogen-bond acceptors (Lipinski definition) is 3. The average molecular weight is 784 g/mol. The van der Waals surface area contributed by atoms with Crippen molar-refractivity contribution in [1.82, 2.24) is 5.32 Å². The van der Waals surface area contributed by atoms with Crippen molar-refractivity contribution in [2.45, 2.75) is 270 Å². The Morgan fingerprint density at radius 1 is 0.429 bits per heavy atom. The molecule has 328 valence electrons. The highest BCUT2D eigenvalue weighted by atomic mass is 16.3. The van der Waals surface area contributed by atoms with E-state index in [0.29, 0.717) is 6.42 Å². The quantitative estimate of drug-likeness (QED) is 0.0425. The Hall–Kier alpha value is -1.65. The molecule has 0 aromatic carbocycles. The van der Waals surface area contributed by atoms with Gasteiger partial charge in [0, 0.05) is 6.42 Å². The second kappa shape index (κ2) is 47.7. The van der Waals surface area contributed by atoms with Crippen molar-refractivity contribution in [3.8, 4) is 0 Å². The number of hydrogen-bond donors (Lipinski definition) is 3. The molecule has 0 aromatic heterocycles. The predicted molar refractivity (Wildman–Crippen MR) is 248 cm³/mol. The minimum atomic E-state index is -0.859. The number of aliphatic hydroxyl groups is 2. The van der Waals surface area contributed by atoms with Gasteiger partial charge in [-0.2, -0.15) is 0 Å². The van der Waals surface area contributed by atoms with Crippen molar-refractivity contribution < 1.29 is 15.0 Å². The van der Waals surface area contributed by atoms with Crippen molar-refractivity contribution in [2.24, 2.45) is 0 Å². The number of carbonyl (C=O) groups excluding carboxylic acids is 1. The van der Waals surface area contributed by atoms with Crippen LogP contribution in [0.25, 0.3) is 0 Å². The maximum absolute atomic E-state index is 12.3. The third-order valence-corrected chi connectivity index (χ3v) is 11.3. The summed E-state index contributed by atoms with van der Waals surface area (Å²) < 4.78 is 0. The summed E-state index contributed by atoms with van der Waals surface area (Å²) in [5.74, 6) is -0.0755. The molecule has 2 unspecified atom stereocenters. The first kappa shape index (κ1) is 54.3. The highest BCUT2D eigenvalue weighted by Crippen LogP contribution is 2.16. The molecule has 0 spiro atoms. The Kier molecular flexibility index (Phi) is 46.3. The highest BCUT2D eigenvalue weighted by molar-refractivity contribution is 5.76. The third-order valence-electron chi connectivity index (χ3n) is 11.3. The molecule has 1 amide bonds. The first-order valence-electron chi connectivity index (χ1n) is 24.9. The summed E-state index contributed by atoms with van der Waals surface area (Å²) in [6.45, 7) is 4.25. The molecule has 0 aromatic rings. The van der Waals surface area contributed by atoms with Gasteiger partial charge in [-0.15, -0.1) is 0 Å². The Labute approximate surface area is 350 Å². The Bertz CT molecular complexity index is 893. The van der Waals surface area contributed by atoms with Gasteiger partial charge in [-0.05, 0) is 64.2 Å². The number of allylic oxidation sites excluding steroid dienone is 7. The molecule has 3 N–H and O–H groups in total. The second-order valence-corrected chi connectivity index (χ2v) is 16.9. The molecular weight excluding hydrogens is 687 g/mol. The van der Waals surface area contributed by atoms with Crippen LogP contribution < -0.4 is 5.32 Å². The normalized spacial score (nSPS) is 13.3. The number of carbonyl (C=O) groups is 1. The number of unbranched alkanes of at least 4 members (excludes halogenated alkanes) is 32. The molecule has 56 heavy (non-hydrogen) atoms. The average Bonchev–Trinajstić information content (AvgIpc) is 3.20. The Balaban J connectivity index is 3.42. The summed E-state index contributed by atoms with van der Waals surface area (Å²) in [4.78, 5) is 12.3. The topological polar surface area (TPSA) is 69.6 Å². The number of nitrogens with one attached hydrogen (secondary N) is 1. The van der Waals surface area contributed by atoms with Crippen LogP contribution in [0, 0.1) is 0 Å². The van der Waals surface area contributed by atoms with E-state index in [2.05, 4.69) is 55.6 Å². The minimum absolute atomic E-state index is 0.0755. The van der Waals surface area contributed by atoms with E-state index in [-0.39, 0.29) is 12.5 Å². The molecule has 4 nitrogen and oxygen atoms in total.